The highest BCUT2D eigenvalue weighted by Gasteiger charge is 2.45. The quantitative estimate of drug-likeness (QED) is 0.431. The number of nitrogens with zero attached hydrogens (tertiary/aromatic N) is 4. The van der Waals surface area contributed by atoms with Crippen molar-refractivity contribution in [2.75, 3.05) is 39.3 Å². The van der Waals surface area contributed by atoms with Crippen molar-refractivity contribution in [1.82, 2.24) is 35.6 Å². The lowest BCUT2D eigenvalue weighted by molar-refractivity contribution is 0.0104. The Balaban J connectivity index is 0.000000187. The minimum atomic E-state index is -0.435. The highest BCUT2D eigenvalue weighted by molar-refractivity contribution is 5.78. The first-order chi connectivity index (χ1) is 21.7. The zero-order valence-corrected chi connectivity index (χ0v) is 28.1. The van der Waals surface area contributed by atoms with E-state index in [2.05, 4.69) is 30.7 Å². The van der Waals surface area contributed by atoms with Crippen LogP contribution in [-0.4, -0.2) is 125 Å². The molecular weight excluding hydrogens is 570 g/mol. The first-order valence-electron chi connectivity index (χ1n) is 18.3. The third kappa shape index (κ3) is 7.66. The fourth-order valence-corrected chi connectivity index (χ4v) is 9.22. The van der Waals surface area contributed by atoms with E-state index in [4.69, 9.17) is 4.74 Å². The van der Waals surface area contributed by atoms with E-state index in [1.54, 1.807) is 0 Å². The monoisotopic (exact) mass is 629 g/mol. The average molecular weight is 630 g/mol. The number of carbonyl (C=O) groups excluding carboxylic acids is 3. The van der Waals surface area contributed by atoms with Crippen molar-refractivity contribution in [3.63, 3.8) is 0 Å². The number of amides is 5. The van der Waals surface area contributed by atoms with Crippen molar-refractivity contribution >= 4 is 18.2 Å². The SMILES string of the molecule is CC(C)(C)OC(=O)N1CCC(N2CCC(N3C(=O)N[C@H]4CCCC[C@@H]43)CC2)CC1.O=C1N[C@H]2CCCC[C@@H]2N1C1CCNCC1. The standard InChI is InChI=1S/C22H38N4O3.C12H21N3O/c1-22(2,3)29-21(28)25-14-8-16(9-15-25)24-12-10-17(11-13-24)26-19-7-5-4-6-18(19)23-20(26)27;16-12-14-10-3-1-2-4-11(10)15(12)9-5-7-13-8-6-9/h16-19H,4-15H2,1-3H3,(H,23,27);9-11,13H,1-8H2,(H,14,16)/t18-,19-;10-,11-/m00/s1. The van der Waals surface area contributed by atoms with Gasteiger partial charge in [0.05, 0.1) is 24.2 Å². The van der Waals surface area contributed by atoms with Crippen molar-refractivity contribution in [2.24, 2.45) is 0 Å². The highest BCUT2D eigenvalue weighted by atomic mass is 16.6. The molecule has 5 heterocycles. The highest BCUT2D eigenvalue weighted by Crippen LogP contribution is 2.34. The van der Waals surface area contributed by atoms with Crippen LogP contribution in [0.25, 0.3) is 0 Å². The minimum Gasteiger partial charge on any atom is -0.444 e. The summed E-state index contributed by atoms with van der Waals surface area (Å²) in [4.78, 5) is 45.7. The predicted molar refractivity (Wildman–Crippen MR) is 174 cm³/mol. The molecule has 2 aliphatic carbocycles. The van der Waals surface area contributed by atoms with Gasteiger partial charge in [0.15, 0.2) is 0 Å². The summed E-state index contributed by atoms with van der Waals surface area (Å²) < 4.78 is 5.51. The molecule has 0 radical (unpaired) electrons. The number of fused-ring (bicyclic) bond motifs is 2. The van der Waals surface area contributed by atoms with Crippen LogP contribution < -0.4 is 16.0 Å². The molecule has 5 saturated heterocycles. The third-order valence-electron chi connectivity index (χ3n) is 11.5. The maximum atomic E-state index is 12.6. The summed E-state index contributed by atoms with van der Waals surface area (Å²) in [7, 11) is 0. The molecule has 45 heavy (non-hydrogen) atoms. The van der Waals surface area contributed by atoms with Crippen LogP contribution in [-0.2, 0) is 4.74 Å². The van der Waals surface area contributed by atoms with Crippen molar-refractivity contribution in [1.29, 1.82) is 0 Å². The van der Waals surface area contributed by atoms with Crippen LogP contribution in [0.2, 0.25) is 0 Å². The summed E-state index contributed by atoms with van der Waals surface area (Å²) in [6.45, 7) is 11.5. The normalized spacial score (nSPS) is 32.3. The lowest BCUT2D eigenvalue weighted by Gasteiger charge is -2.44. The minimum absolute atomic E-state index is 0.172. The maximum absolute atomic E-state index is 12.6. The molecule has 0 aromatic carbocycles. The fourth-order valence-electron chi connectivity index (χ4n) is 9.22. The van der Waals surface area contributed by atoms with E-state index in [0.29, 0.717) is 42.3 Å². The number of piperidine rings is 3. The molecule has 0 unspecified atom stereocenters. The second kappa shape index (κ2) is 14.2. The van der Waals surface area contributed by atoms with E-state index in [0.717, 1.165) is 90.6 Å². The molecule has 11 nitrogen and oxygen atoms in total. The summed E-state index contributed by atoms with van der Waals surface area (Å²) >= 11 is 0. The van der Waals surface area contributed by atoms with Gasteiger partial charge in [-0.25, -0.2) is 14.4 Å². The van der Waals surface area contributed by atoms with Gasteiger partial charge in [0.1, 0.15) is 5.60 Å². The van der Waals surface area contributed by atoms with Crippen LogP contribution in [0.3, 0.4) is 0 Å². The Labute approximate surface area is 270 Å². The summed E-state index contributed by atoms with van der Waals surface area (Å²) in [6.07, 6.45) is 16.0. The molecular formula is C34H59N7O4. The number of likely N-dealkylation sites (tertiary alicyclic amines) is 2. The number of hydrogen-bond acceptors (Lipinski definition) is 6. The number of rotatable bonds is 3. The molecule has 0 bridgehead atoms. The Bertz CT molecular complexity index is 1030. The average Bonchev–Trinajstić information content (AvgIpc) is 3.56. The summed E-state index contributed by atoms with van der Waals surface area (Å²) in [5, 5.41) is 9.77. The molecule has 11 heteroatoms. The largest absolute Gasteiger partial charge is 0.444 e. The summed E-state index contributed by atoms with van der Waals surface area (Å²) in [6, 6.07) is 3.52. The van der Waals surface area contributed by atoms with Crippen LogP contribution in [0.5, 0.6) is 0 Å². The first kappa shape index (κ1) is 32.7. The van der Waals surface area contributed by atoms with E-state index in [-0.39, 0.29) is 18.2 Å². The first-order valence-corrected chi connectivity index (χ1v) is 18.3. The number of carbonyl (C=O) groups is 3. The topological polar surface area (TPSA) is 109 Å². The van der Waals surface area contributed by atoms with Crippen LogP contribution in [0.1, 0.15) is 111 Å². The molecule has 5 aliphatic heterocycles. The molecule has 7 aliphatic rings. The molecule has 3 N–H and O–H groups in total. The van der Waals surface area contributed by atoms with Crippen molar-refractivity contribution < 1.29 is 19.1 Å². The Morgan fingerprint density at radius 3 is 1.62 bits per heavy atom. The molecule has 2 saturated carbocycles. The number of nitrogens with one attached hydrogen (secondary N) is 3. The van der Waals surface area contributed by atoms with Crippen molar-refractivity contribution in [2.45, 2.75) is 159 Å². The lowest BCUT2D eigenvalue weighted by Crippen LogP contribution is -2.54. The Hall–Kier alpha value is -2.27. The molecule has 0 aromatic heterocycles. The van der Waals surface area contributed by atoms with Gasteiger partial charge in [-0.15, -0.1) is 0 Å². The van der Waals surface area contributed by atoms with E-state index in [9.17, 15) is 14.4 Å². The Morgan fingerprint density at radius 1 is 0.644 bits per heavy atom. The predicted octanol–water partition coefficient (Wildman–Crippen LogP) is 4.26. The van der Waals surface area contributed by atoms with E-state index < -0.39 is 5.60 Å². The maximum Gasteiger partial charge on any atom is 0.410 e. The van der Waals surface area contributed by atoms with Gasteiger partial charge in [-0.1, -0.05) is 25.7 Å². The van der Waals surface area contributed by atoms with Gasteiger partial charge in [-0.3, -0.25) is 0 Å². The van der Waals surface area contributed by atoms with E-state index in [1.807, 2.05) is 25.7 Å². The van der Waals surface area contributed by atoms with Gasteiger partial charge in [0.25, 0.3) is 0 Å². The van der Waals surface area contributed by atoms with Crippen LogP contribution in [0.15, 0.2) is 0 Å². The Kier molecular flexibility index (Phi) is 10.3. The molecule has 7 rings (SSSR count). The molecule has 254 valence electrons. The molecule has 7 fully saturated rings. The smallest absolute Gasteiger partial charge is 0.410 e. The van der Waals surface area contributed by atoms with Crippen molar-refractivity contribution in [3.8, 4) is 0 Å². The molecule has 0 spiro atoms. The zero-order chi connectivity index (χ0) is 31.6. The summed E-state index contributed by atoms with van der Waals surface area (Å²) in [5.41, 5.74) is -0.435. The second-order valence-electron chi connectivity index (χ2n) is 15.6. The van der Waals surface area contributed by atoms with Crippen molar-refractivity contribution in [3.05, 3.63) is 0 Å². The van der Waals surface area contributed by atoms with Gasteiger partial charge in [0, 0.05) is 44.3 Å². The molecule has 4 atom stereocenters. The van der Waals surface area contributed by atoms with E-state index in [1.165, 1.54) is 38.5 Å². The van der Waals surface area contributed by atoms with Gasteiger partial charge < -0.3 is 40.3 Å². The lowest BCUT2D eigenvalue weighted by atomic mass is 9.89. The second-order valence-corrected chi connectivity index (χ2v) is 15.6. The van der Waals surface area contributed by atoms with Gasteiger partial charge in [0.2, 0.25) is 0 Å². The summed E-state index contributed by atoms with van der Waals surface area (Å²) in [5.74, 6) is 0. The third-order valence-corrected chi connectivity index (χ3v) is 11.5. The number of ether oxygens (including phenoxy) is 1. The fraction of sp³-hybridized carbons (Fsp3) is 0.912. The van der Waals surface area contributed by atoms with Gasteiger partial charge in [-0.05, 0) is 98.1 Å². The molecule has 0 aromatic rings. The van der Waals surface area contributed by atoms with Gasteiger partial charge in [-0.2, -0.15) is 0 Å². The number of urea groups is 2. The van der Waals surface area contributed by atoms with Gasteiger partial charge >= 0.3 is 18.2 Å². The van der Waals surface area contributed by atoms with Crippen LogP contribution in [0, 0.1) is 0 Å². The van der Waals surface area contributed by atoms with Crippen LogP contribution >= 0.6 is 0 Å². The van der Waals surface area contributed by atoms with Crippen LogP contribution in [0.4, 0.5) is 14.4 Å². The Morgan fingerprint density at radius 2 is 1.11 bits per heavy atom. The molecule has 5 amide bonds. The zero-order valence-electron chi connectivity index (χ0n) is 28.1. The van der Waals surface area contributed by atoms with E-state index >= 15 is 0 Å². The number of hydrogen-bond donors (Lipinski definition) is 3.